The highest BCUT2D eigenvalue weighted by Crippen LogP contribution is 2.44. The molecule has 0 spiro atoms. The van der Waals surface area contributed by atoms with E-state index in [2.05, 4.69) is 19.2 Å². The molecule has 0 amide bonds. The molecule has 92 valence electrons. The van der Waals surface area contributed by atoms with Gasteiger partial charge in [-0.3, -0.25) is 4.79 Å². The number of hydrogen-bond donors (Lipinski definition) is 2. The average Bonchev–Trinajstić information content (AvgIpc) is 2.88. The number of carboxylic acids is 1. The molecule has 0 aromatic heterocycles. The van der Waals surface area contributed by atoms with Crippen LogP contribution in [0.15, 0.2) is 30.3 Å². The Morgan fingerprint density at radius 2 is 2.06 bits per heavy atom. The molecule has 0 saturated heterocycles. The highest BCUT2D eigenvalue weighted by Gasteiger charge is 2.45. The zero-order chi connectivity index (χ0) is 12.5. The van der Waals surface area contributed by atoms with Crippen LogP contribution < -0.4 is 5.32 Å². The molecular weight excluding hydrogens is 214 g/mol. The van der Waals surface area contributed by atoms with Crippen molar-refractivity contribution >= 4 is 5.97 Å². The summed E-state index contributed by atoms with van der Waals surface area (Å²) in [5.74, 6) is -1.21. The van der Waals surface area contributed by atoms with Crippen molar-refractivity contribution in [2.24, 2.45) is 5.41 Å². The fourth-order valence-electron chi connectivity index (χ4n) is 2.11. The second-order valence-electron chi connectivity index (χ2n) is 5.46. The Balaban J connectivity index is 1.97. The van der Waals surface area contributed by atoms with Gasteiger partial charge < -0.3 is 10.4 Å². The quantitative estimate of drug-likeness (QED) is 0.820. The highest BCUT2D eigenvalue weighted by molar-refractivity contribution is 5.76. The van der Waals surface area contributed by atoms with Crippen LogP contribution in [0.4, 0.5) is 0 Å². The van der Waals surface area contributed by atoms with E-state index in [0.717, 1.165) is 12.0 Å². The smallest absolute Gasteiger partial charge is 0.312 e. The van der Waals surface area contributed by atoms with Gasteiger partial charge in [0.2, 0.25) is 0 Å². The molecule has 1 aliphatic carbocycles. The van der Waals surface area contributed by atoms with Gasteiger partial charge in [0.25, 0.3) is 0 Å². The molecule has 0 heterocycles. The Bertz CT molecular complexity index is 400. The summed E-state index contributed by atoms with van der Waals surface area (Å²) in [5, 5.41) is 12.6. The van der Waals surface area contributed by atoms with Gasteiger partial charge in [-0.1, -0.05) is 44.2 Å². The number of carboxylic acid groups (broad SMARTS) is 1. The lowest BCUT2D eigenvalue weighted by Gasteiger charge is -2.14. The van der Waals surface area contributed by atoms with Gasteiger partial charge in [-0.25, -0.2) is 0 Å². The molecule has 1 aromatic carbocycles. The van der Waals surface area contributed by atoms with E-state index in [0.29, 0.717) is 18.0 Å². The molecule has 2 unspecified atom stereocenters. The lowest BCUT2D eigenvalue weighted by Crippen LogP contribution is -2.30. The van der Waals surface area contributed by atoms with Crippen molar-refractivity contribution < 1.29 is 9.90 Å². The molecule has 2 rings (SSSR count). The molecule has 0 radical (unpaired) electrons. The Labute approximate surface area is 102 Å². The summed E-state index contributed by atoms with van der Waals surface area (Å²) in [6.45, 7) is 4.90. The van der Waals surface area contributed by atoms with Crippen molar-refractivity contribution in [2.75, 3.05) is 6.54 Å². The Hall–Kier alpha value is -1.35. The zero-order valence-electron chi connectivity index (χ0n) is 10.3. The second kappa shape index (κ2) is 4.49. The Kier molecular flexibility index (Phi) is 3.20. The summed E-state index contributed by atoms with van der Waals surface area (Å²) in [5.41, 5.74) is 1.20. The lowest BCUT2D eigenvalue weighted by molar-refractivity contribution is -0.138. The van der Waals surface area contributed by atoms with Crippen LogP contribution in [0.25, 0.3) is 0 Å². The monoisotopic (exact) mass is 233 g/mol. The fourth-order valence-corrected chi connectivity index (χ4v) is 2.11. The van der Waals surface area contributed by atoms with E-state index in [-0.39, 0.29) is 0 Å². The molecule has 1 aliphatic rings. The predicted molar refractivity (Wildman–Crippen MR) is 67.0 cm³/mol. The fraction of sp³-hybridized carbons (Fsp3) is 0.500. The maximum absolute atomic E-state index is 11.3. The molecule has 3 heteroatoms. The van der Waals surface area contributed by atoms with E-state index in [1.807, 2.05) is 30.3 Å². The van der Waals surface area contributed by atoms with Crippen LogP contribution in [0, 0.1) is 5.41 Å². The minimum Gasteiger partial charge on any atom is -0.481 e. The third kappa shape index (κ3) is 2.86. The molecule has 0 bridgehead atoms. The van der Waals surface area contributed by atoms with Crippen molar-refractivity contribution in [3.63, 3.8) is 0 Å². The van der Waals surface area contributed by atoms with E-state index in [4.69, 9.17) is 0 Å². The van der Waals surface area contributed by atoms with Crippen LogP contribution in [0.1, 0.15) is 31.7 Å². The first-order valence-electron chi connectivity index (χ1n) is 6.02. The van der Waals surface area contributed by atoms with Gasteiger partial charge in [0, 0.05) is 12.6 Å². The molecule has 17 heavy (non-hydrogen) atoms. The van der Waals surface area contributed by atoms with E-state index in [1.54, 1.807) is 0 Å². The topological polar surface area (TPSA) is 49.3 Å². The normalized spacial score (nSPS) is 23.1. The Morgan fingerprint density at radius 3 is 2.53 bits per heavy atom. The summed E-state index contributed by atoms with van der Waals surface area (Å²) in [7, 11) is 0. The summed E-state index contributed by atoms with van der Waals surface area (Å²) in [4.78, 5) is 11.3. The van der Waals surface area contributed by atoms with Crippen LogP contribution >= 0.6 is 0 Å². The van der Waals surface area contributed by atoms with Gasteiger partial charge in [-0.15, -0.1) is 0 Å². The van der Waals surface area contributed by atoms with Gasteiger partial charge in [0.05, 0.1) is 5.92 Å². The molecule has 1 aromatic rings. The van der Waals surface area contributed by atoms with Gasteiger partial charge in [0.1, 0.15) is 0 Å². The van der Waals surface area contributed by atoms with Crippen molar-refractivity contribution in [1.82, 2.24) is 5.32 Å². The van der Waals surface area contributed by atoms with Gasteiger partial charge >= 0.3 is 5.97 Å². The second-order valence-corrected chi connectivity index (χ2v) is 5.46. The van der Waals surface area contributed by atoms with E-state index >= 15 is 0 Å². The average molecular weight is 233 g/mol. The molecule has 2 N–H and O–H groups in total. The van der Waals surface area contributed by atoms with E-state index < -0.39 is 11.9 Å². The molecular formula is C14H19NO2. The van der Waals surface area contributed by atoms with Crippen LogP contribution in [0.3, 0.4) is 0 Å². The van der Waals surface area contributed by atoms with Crippen molar-refractivity contribution in [2.45, 2.75) is 32.2 Å². The lowest BCUT2D eigenvalue weighted by atomic mass is 9.99. The van der Waals surface area contributed by atoms with Gasteiger partial charge in [0.15, 0.2) is 0 Å². The van der Waals surface area contributed by atoms with Crippen LogP contribution in [-0.2, 0) is 4.79 Å². The number of benzene rings is 1. The largest absolute Gasteiger partial charge is 0.481 e. The standard InChI is InChI=1S/C14H19NO2/c1-14(2)8-12(14)15-9-11(13(16)17)10-6-4-3-5-7-10/h3-7,11-12,15H,8-9H2,1-2H3,(H,16,17). The van der Waals surface area contributed by atoms with Gasteiger partial charge in [-0.05, 0) is 17.4 Å². The van der Waals surface area contributed by atoms with Crippen molar-refractivity contribution in [3.8, 4) is 0 Å². The SMILES string of the molecule is CC1(C)CC1NCC(C(=O)O)c1ccccc1. The van der Waals surface area contributed by atoms with Gasteiger partial charge in [-0.2, -0.15) is 0 Å². The van der Waals surface area contributed by atoms with Crippen molar-refractivity contribution in [1.29, 1.82) is 0 Å². The maximum Gasteiger partial charge on any atom is 0.312 e. The van der Waals surface area contributed by atoms with Crippen molar-refractivity contribution in [3.05, 3.63) is 35.9 Å². The zero-order valence-corrected chi connectivity index (χ0v) is 10.3. The first-order chi connectivity index (χ1) is 8.00. The first kappa shape index (κ1) is 12.1. The van der Waals surface area contributed by atoms with Crippen LogP contribution in [-0.4, -0.2) is 23.7 Å². The van der Waals surface area contributed by atoms with Crippen LogP contribution in [0.5, 0.6) is 0 Å². The molecule has 3 nitrogen and oxygen atoms in total. The van der Waals surface area contributed by atoms with E-state index in [1.165, 1.54) is 0 Å². The summed E-state index contributed by atoms with van der Waals surface area (Å²) >= 11 is 0. The summed E-state index contributed by atoms with van der Waals surface area (Å²) in [6, 6.07) is 9.88. The number of rotatable bonds is 5. The van der Waals surface area contributed by atoms with Crippen LogP contribution in [0.2, 0.25) is 0 Å². The Morgan fingerprint density at radius 1 is 1.47 bits per heavy atom. The minimum absolute atomic E-state index is 0.333. The highest BCUT2D eigenvalue weighted by atomic mass is 16.4. The summed E-state index contributed by atoms with van der Waals surface area (Å²) in [6.07, 6.45) is 1.13. The number of aliphatic carboxylic acids is 1. The minimum atomic E-state index is -0.762. The number of carbonyl (C=O) groups is 1. The summed E-state index contributed by atoms with van der Waals surface area (Å²) < 4.78 is 0. The molecule has 0 aliphatic heterocycles. The molecule has 2 atom stereocenters. The number of nitrogens with one attached hydrogen (secondary N) is 1. The third-order valence-corrected chi connectivity index (χ3v) is 3.58. The molecule has 1 fully saturated rings. The number of hydrogen-bond acceptors (Lipinski definition) is 2. The van der Waals surface area contributed by atoms with E-state index in [9.17, 15) is 9.90 Å². The molecule has 1 saturated carbocycles. The maximum atomic E-state index is 11.3. The third-order valence-electron chi connectivity index (χ3n) is 3.58. The first-order valence-corrected chi connectivity index (χ1v) is 6.02. The predicted octanol–water partition coefficient (Wildman–Crippen LogP) is 2.24.